The van der Waals surface area contributed by atoms with Gasteiger partial charge < -0.3 is 0 Å². The number of alkyl halides is 1. The van der Waals surface area contributed by atoms with Gasteiger partial charge in [-0.15, -0.1) is 11.6 Å². The van der Waals surface area contributed by atoms with Gasteiger partial charge in [0.05, 0.1) is 6.10 Å². The summed E-state index contributed by atoms with van der Waals surface area (Å²) in [5.41, 5.74) is 0. The molecule has 0 aliphatic heterocycles. The van der Waals surface area contributed by atoms with Crippen molar-refractivity contribution in [3.8, 4) is 0 Å². The smallest absolute Gasteiger partial charge is 0.284 e. The Labute approximate surface area is 61.8 Å². The van der Waals surface area contributed by atoms with Crippen LogP contribution in [0.25, 0.3) is 0 Å². The second kappa shape index (κ2) is 5.17. The number of halogens is 1. The van der Waals surface area contributed by atoms with E-state index in [9.17, 15) is 4.21 Å². The van der Waals surface area contributed by atoms with Gasteiger partial charge in [0.2, 0.25) is 0 Å². The van der Waals surface area contributed by atoms with Gasteiger partial charge in [-0.2, -0.15) is 4.21 Å². The monoisotopic (exact) mass is 172 g/mol. The molecule has 0 saturated heterocycles. The van der Waals surface area contributed by atoms with Gasteiger partial charge in [-0.25, -0.2) is 0 Å². The van der Waals surface area contributed by atoms with E-state index in [1.165, 1.54) is 0 Å². The largest absolute Gasteiger partial charge is 0.302 e. The Hall–Kier alpha value is 0.360. The van der Waals surface area contributed by atoms with Crippen molar-refractivity contribution in [1.82, 2.24) is 0 Å². The van der Waals surface area contributed by atoms with Gasteiger partial charge in [-0.05, 0) is 13.3 Å². The Morgan fingerprint density at radius 2 is 2.44 bits per heavy atom. The molecule has 0 bridgehead atoms. The summed E-state index contributed by atoms with van der Waals surface area (Å²) in [6.45, 7) is 1.69. The summed E-state index contributed by atoms with van der Waals surface area (Å²) in [6.07, 6.45) is 0.349. The molecular formula is C4H9ClO3S. The molecule has 9 heavy (non-hydrogen) atoms. The first-order valence-corrected chi connectivity index (χ1v) is 4.07. The van der Waals surface area contributed by atoms with Crippen molar-refractivity contribution in [2.24, 2.45) is 0 Å². The van der Waals surface area contributed by atoms with Crippen molar-refractivity contribution in [3.05, 3.63) is 0 Å². The molecule has 0 aromatic rings. The van der Waals surface area contributed by atoms with Gasteiger partial charge in [0.25, 0.3) is 0 Å². The molecule has 3 nitrogen and oxygen atoms in total. The highest BCUT2D eigenvalue weighted by atomic mass is 35.5. The summed E-state index contributed by atoms with van der Waals surface area (Å²) in [5, 5.41) is 0. The van der Waals surface area contributed by atoms with Crippen molar-refractivity contribution in [1.29, 1.82) is 0 Å². The first-order chi connectivity index (χ1) is 4.16. The molecule has 0 spiro atoms. The van der Waals surface area contributed by atoms with E-state index >= 15 is 0 Å². The zero-order valence-electron chi connectivity index (χ0n) is 5.04. The highest BCUT2D eigenvalue weighted by Gasteiger charge is 2.03. The highest BCUT2D eigenvalue weighted by Crippen LogP contribution is 1.99. The van der Waals surface area contributed by atoms with Crippen LogP contribution in [0.5, 0.6) is 0 Å². The van der Waals surface area contributed by atoms with Crippen LogP contribution in [0.4, 0.5) is 0 Å². The first kappa shape index (κ1) is 9.36. The van der Waals surface area contributed by atoms with E-state index in [1.807, 2.05) is 0 Å². The van der Waals surface area contributed by atoms with E-state index in [0.29, 0.717) is 12.3 Å². The molecule has 56 valence electrons. The summed E-state index contributed by atoms with van der Waals surface area (Å²) in [6, 6.07) is 0. The molecule has 0 fully saturated rings. The molecule has 1 N–H and O–H groups in total. The molecule has 2 unspecified atom stereocenters. The molecule has 5 heteroatoms. The quantitative estimate of drug-likeness (QED) is 0.511. The molecule has 0 rings (SSSR count). The van der Waals surface area contributed by atoms with E-state index < -0.39 is 11.4 Å². The van der Waals surface area contributed by atoms with Crippen LogP contribution in [0, 0.1) is 0 Å². The average Bonchev–Trinajstić information content (AvgIpc) is 1.63. The molecular weight excluding hydrogens is 164 g/mol. The van der Waals surface area contributed by atoms with E-state index in [1.54, 1.807) is 6.92 Å². The summed E-state index contributed by atoms with van der Waals surface area (Å²) >= 11 is 3.16. The Morgan fingerprint density at radius 3 is 2.78 bits per heavy atom. The number of hydrogen-bond acceptors (Lipinski definition) is 2. The van der Waals surface area contributed by atoms with Gasteiger partial charge in [0.15, 0.2) is 0 Å². The fourth-order valence-electron chi connectivity index (χ4n) is 0.342. The summed E-state index contributed by atoms with van der Waals surface area (Å²) in [7, 11) is 0. The van der Waals surface area contributed by atoms with Crippen LogP contribution in [0.2, 0.25) is 0 Å². The van der Waals surface area contributed by atoms with Crippen LogP contribution in [0.3, 0.4) is 0 Å². The second-order valence-corrected chi connectivity index (χ2v) is 2.61. The normalized spacial score (nSPS) is 17.2. The molecule has 2 atom stereocenters. The summed E-state index contributed by atoms with van der Waals surface area (Å²) < 4.78 is 22.5. The standard InChI is InChI=1S/C4H9ClO3S/c1-4(2-3-5)8-9(6)7/h4H,2-3H2,1H3,(H,6,7). The Morgan fingerprint density at radius 1 is 1.89 bits per heavy atom. The van der Waals surface area contributed by atoms with Gasteiger partial charge in [0, 0.05) is 5.88 Å². The molecule has 0 aromatic carbocycles. The van der Waals surface area contributed by atoms with Crippen LogP contribution in [0.1, 0.15) is 13.3 Å². The molecule has 0 aromatic heterocycles. The van der Waals surface area contributed by atoms with Crippen molar-refractivity contribution in [2.75, 3.05) is 5.88 Å². The molecule has 0 radical (unpaired) electrons. The van der Waals surface area contributed by atoms with Crippen LogP contribution in [-0.4, -0.2) is 20.7 Å². The Balaban J connectivity index is 3.26. The predicted molar refractivity (Wildman–Crippen MR) is 36.7 cm³/mol. The van der Waals surface area contributed by atoms with E-state index in [4.69, 9.17) is 16.2 Å². The highest BCUT2D eigenvalue weighted by molar-refractivity contribution is 7.74. The molecule has 0 amide bonds. The minimum atomic E-state index is -2.16. The minimum absolute atomic E-state index is 0.242. The molecule has 0 heterocycles. The fourth-order valence-corrected chi connectivity index (χ4v) is 1.03. The minimum Gasteiger partial charge on any atom is -0.284 e. The third-order valence-corrected chi connectivity index (χ3v) is 1.47. The Kier molecular flexibility index (Phi) is 5.38. The van der Waals surface area contributed by atoms with Gasteiger partial charge >= 0.3 is 11.4 Å². The lowest BCUT2D eigenvalue weighted by Gasteiger charge is -2.04. The first-order valence-electron chi connectivity index (χ1n) is 2.50. The molecule has 0 aliphatic carbocycles. The van der Waals surface area contributed by atoms with Crippen molar-refractivity contribution >= 4 is 23.0 Å². The van der Waals surface area contributed by atoms with Gasteiger partial charge in [-0.3, -0.25) is 8.74 Å². The lowest BCUT2D eigenvalue weighted by atomic mass is 10.3. The number of hydrogen-bond donors (Lipinski definition) is 1. The zero-order valence-corrected chi connectivity index (χ0v) is 6.61. The fraction of sp³-hybridized carbons (Fsp3) is 1.00. The third-order valence-electron chi connectivity index (χ3n) is 0.762. The second-order valence-electron chi connectivity index (χ2n) is 1.60. The SMILES string of the molecule is CC(CCCl)OS(=O)O. The van der Waals surface area contributed by atoms with Crippen LogP contribution >= 0.6 is 11.6 Å². The van der Waals surface area contributed by atoms with Crippen molar-refractivity contribution in [2.45, 2.75) is 19.4 Å². The van der Waals surface area contributed by atoms with E-state index in [0.717, 1.165) is 0 Å². The van der Waals surface area contributed by atoms with Gasteiger partial charge in [0.1, 0.15) is 0 Å². The Bertz CT molecular complexity index is 97.8. The van der Waals surface area contributed by atoms with Gasteiger partial charge in [-0.1, -0.05) is 0 Å². The van der Waals surface area contributed by atoms with Crippen molar-refractivity contribution < 1.29 is 12.9 Å². The van der Waals surface area contributed by atoms with Crippen LogP contribution in [-0.2, 0) is 15.5 Å². The maximum atomic E-state index is 9.93. The van der Waals surface area contributed by atoms with E-state index in [2.05, 4.69) is 4.18 Å². The maximum absolute atomic E-state index is 9.93. The zero-order chi connectivity index (χ0) is 7.28. The lowest BCUT2D eigenvalue weighted by Crippen LogP contribution is -2.09. The summed E-state index contributed by atoms with van der Waals surface area (Å²) in [5.74, 6) is 0.443. The van der Waals surface area contributed by atoms with Crippen LogP contribution < -0.4 is 0 Å². The number of rotatable bonds is 4. The summed E-state index contributed by atoms with van der Waals surface area (Å²) in [4.78, 5) is 0. The molecule has 0 saturated carbocycles. The average molecular weight is 173 g/mol. The molecule has 0 aliphatic rings. The van der Waals surface area contributed by atoms with E-state index in [-0.39, 0.29) is 6.10 Å². The van der Waals surface area contributed by atoms with Crippen LogP contribution in [0.15, 0.2) is 0 Å². The maximum Gasteiger partial charge on any atom is 0.302 e. The third kappa shape index (κ3) is 6.24. The topological polar surface area (TPSA) is 46.5 Å². The lowest BCUT2D eigenvalue weighted by molar-refractivity contribution is 0.219. The predicted octanol–water partition coefficient (Wildman–Crippen LogP) is 1.16. The van der Waals surface area contributed by atoms with Crippen molar-refractivity contribution in [3.63, 3.8) is 0 Å².